The largest absolute Gasteiger partial charge is 0.504 e. The lowest BCUT2D eigenvalue weighted by atomic mass is 10.1. The number of hydrogen-bond acceptors (Lipinski definition) is 3. The molecule has 0 saturated heterocycles. The number of hydrogen-bond donors (Lipinski definition) is 3. The molecule has 1 aromatic rings. The summed E-state index contributed by atoms with van der Waals surface area (Å²) in [7, 11) is 1.84. The summed E-state index contributed by atoms with van der Waals surface area (Å²) in [6.45, 7) is 0.740. The highest BCUT2D eigenvalue weighted by molar-refractivity contribution is 5.42. The van der Waals surface area contributed by atoms with Gasteiger partial charge in [-0.05, 0) is 24.7 Å². The number of likely N-dealkylation sites (N-methyl/N-ethyl adjacent to an activating group) is 1. The number of nitrogens with one attached hydrogen (secondary N) is 1. The fraction of sp³-hybridized carbons (Fsp3) is 0.222. The zero-order valence-corrected chi connectivity index (χ0v) is 6.91. The van der Waals surface area contributed by atoms with Crippen LogP contribution in [-0.4, -0.2) is 23.8 Å². The van der Waals surface area contributed by atoms with Crippen molar-refractivity contribution in [2.75, 3.05) is 13.6 Å². The van der Waals surface area contributed by atoms with Crippen LogP contribution in [0.5, 0.6) is 11.5 Å². The Hall–Kier alpha value is -1.22. The van der Waals surface area contributed by atoms with Crippen LogP contribution < -0.4 is 5.32 Å². The Morgan fingerprint density at radius 1 is 1.33 bits per heavy atom. The summed E-state index contributed by atoms with van der Waals surface area (Å²) in [6, 6.07) is 4.73. The topological polar surface area (TPSA) is 52.5 Å². The minimum absolute atomic E-state index is 0.0835. The Balaban J connectivity index is 2.69. The van der Waals surface area contributed by atoms with E-state index in [1.807, 2.05) is 13.5 Å². The zero-order valence-electron chi connectivity index (χ0n) is 6.91. The van der Waals surface area contributed by atoms with Crippen LogP contribution in [0.1, 0.15) is 5.56 Å². The number of aromatic hydroxyl groups is 2. The molecule has 0 aliphatic heterocycles. The van der Waals surface area contributed by atoms with Gasteiger partial charge in [0.25, 0.3) is 0 Å². The van der Waals surface area contributed by atoms with Gasteiger partial charge >= 0.3 is 0 Å². The summed E-state index contributed by atoms with van der Waals surface area (Å²) in [4.78, 5) is 0. The molecule has 0 unspecified atom stereocenters. The van der Waals surface area contributed by atoms with Crippen molar-refractivity contribution in [3.05, 3.63) is 30.2 Å². The minimum Gasteiger partial charge on any atom is -0.504 e. The molecular formula is C9H12NO2. The SMILES string of the molecule is CNC[CH]c1ccc(O)c(O)c1. The second-order valence-corrected chi connectivity index (χ2v) is 2.51. The monoisotopic (exact) mass is 166 g/mol. The minimum atomic E-state index is -0.0865. The Labute approximate surface area is 71.7 Å². The van der Waals surface area contributed by atoms with E-state index in [1.54, 1.807) is 6.07 Å². The molecule has 0 aliphatic rings. The first-order valence-corrected chi connectivity index (χ1v) is 3.74. The van der Waals surface area contributed by atoms with E-state index in [4.69, 9.17) is 10.2 Å². The van der Waals surface area contributed by atoms with Gasteiger partial charge in [0.2, 0.25) is 0 Å². The molecule has 0 amide bonds. The molecule has 1 radical (unpaired) electrons. The van der Waals surface area contributed by atoms with Crippen molar-refractivity contribution in [1.82, 2.24) is 5.32 Å². The van der Waals surface area contributed by atoms with Crippen molar-refractivity contribution in [2.45, 2.75) is 0 Å². The van der Waals surface area contributed by atoms with Gasteiger partial charge in [-0.25, -0.2) is 0 Å². The number of benzene rings is 1. The van der Waals surface area contributed by atoms with Crippen molar-refractivity contribution in [3.8, 4) is 11.5 Å². The predicted octanol–water partition coefficient (Wildman–Crippen LogP) is 0.870. The molecule has 12 heavy (non-hydrogen) atoms. The smallest absolute Gasteiger partial charge is 0.157 e. The summed E-state index contributed by atoms with van der Waals surface area (Å²) in [5.41, 5.74) is 0.889. The maximum absolute atomic E-state index is 9.11. The molecular weight excluding hydrogens is 154 g/mol. The third-order valence-electron chi connectivity index (χ3n) is 1.54. The molecule has 0 fully saturated rings. The van der Waals surface area contributed by atoms with E-state index >= 15 is 0 Å². The number of rotatable bonds is 3. The van der Waals surface area contributed by atoms with Gasteiger partial charge in [-0.15, -0.1) is 0 Å². The molecule has 0 atom stereocenters. The quantitative estimate of drug-likeness (QED) is 0.584. The Bertz CT molecular complexity index is 261. The highest BCUT2D eigenvalue weighted by atomic mass is 16.3. The van der Waals surface area contributed by atoms with Crippen LogP contribution in [0.2, 0.25) is 0 Å². The van der Waals surface area contributed by atoms with E-state index in [0.29, 0.717) is 0 Å². The lowest BCUT2D eigenvalue weighted by Crippen LogP contribution is -2.08. The lowest BCUT2D eigenvalue weighted by molar-refractivity contribution is 0.403. The van der Waals surface area contributed by atoms with Gasteiger partial charge in [-0.2, -0.15) is 0 Å². The van der Waals surface area contributed by atoms with Crippen molar-refractivity contribution in [3.63, 3.8) is 0 Å². The Kier molecular flexibility index (Phi) is 2.94. The van der Waals surface area contributed by atoms with E-state index in [9.17, 15) is 0 Å². The van der Waals surface area contributed by atoms with Crippen molar-refractivity contribution in [1.29, 1.82) is 0 Å². The highest BCUT2D eigenvalue weighted by Crippen LogP contribution is 2.25. The maximum atomic E-state index is 9.11. The first kappa shape index (κ1) is 8.87. The molecule has 0 heterocycles. The summed E-state index contributed by atoms with van der Waals surface area (Å²) >= 11 is 0. The molecule has 0 aliphatic carbocycles. The summed E-state index contributed by atoms with van der Waals surface area (Å²) < 4.78 is 0. The van der Waals surface area contributed by atoms with Gasteiger partial charge in [0.15, 0.2) is 11.5 Å². The molecule has 0 saturated carbocycles. The average Bonchev–Trinajstić information content (AvgIpc) is 2.07. The first-order chi connectivity index (χ1) is 5.74. The first-order valence-electron chi connectivity index (χ1n) is 3.74. The van der Waals surface area contributed by atoms with E-state index < -0.39 is 0 Å². The fourth-order valence-corrected chi connectivity index (χ4v) is 0.887. The molecule has 65 valence electrons. The van der Waals surface area contributed by atoms with E-state index in [2.05, 4.69) is 5.32 Å². The molecule has 1 aromatic carbocycles. The third-order valence-corrected chi connectivity index (χ3v) is 1.54. The molecule has 3 N–H and O–H groups in total. The molecule has 0 aromatic heterocycles. The Morgan fingerprint density at radius 3 is 2.67 bits per heavy atom. The second kappa shape index (κ2) is 3.97. The van der Waals surface area contributed by atoms with Crippen LogP contribution in [0.4, 0.5) is 0 Å². The van der Waals surface area contributed by atoms with Gasteiger partial charge < -0.3 is 15.5 Å². The van der Waals surface area contributed by atoms with Crippen LogP contribution in [-0.2, 0) is 0 Å². The van der Waals surface area contributed by atoms with Gasteiger partial charge in [-0.1, -0.05) is 6.07 Å². The second-order valence-electron chi connectivity index (χ2n) is 2.51. The van der Waals surface area contributed by atoms with Crippen LogP contribution in [0.15, 0.2) is 18.2 Å². The van der Waals surface area contributed by atoms with Crippen molar-refractivity contribution >= 4 is 0 Å². The van der Waals surface area contributed by atoms with Crippen LogP contribution in [0, 0.1) is 6.42 Å². The lowest BCUT2D eigenvalue weighted by Gasteiger charge is -2.01. The molecule has 3 nitrogen and oxygen atoms in total. The average molecular weight is 166 g/mol. The summed E-state index contributed by atoms with van der Waals surface area (Å²) in [5.74, 6) is -0.170. The van der Waals surface area contributed by atoms with Gasteiger partial charge in [0, 0.05) is 13.0 Å². The molecule has 3 heteroatoms. The van der Waals surface area contributed by atoms with E-state index in [-0.39, 0.29) is 11.5 Å². The molecule has 0 spiro atoms. The maximum Gasteiger partial charge on any atom is 0.157 e. The Morgan fingerprint density at radius 2 is 2.08 bits per heavy atom. The fourth-order valence-electron chi connectivity index (χ4n) is 0.887. The number of phenolic OH excluding ortho intramolecular Hbond substituents is 2. The highest BCUT2D eigenvalue weighted by Gasteiger charge is 1.99. The standard InChI is InChI=1S/C9H12NO2/c1-10-5-4-7-2-3-8(11)9(12)6-7/h2-4,6,10-12H,5H2,1H3. The van der Waals surface area contributed by atoms with E-state index in [1.165, 1.54) is 12.1 Å². The summed E-state index contributed by atoms with van der Waals surface area (Å²) in [5, 5.41) is 21.0. The van der Waals surface area contributed by atoms with Gasteiger partial charge in [0.1, 0.15) is 0 Å². The van der Waals surface area contributed by atoms with Gasteiger partial charge in [-0.3, -0.25) is 0 Å². The van der Waals surface area contributed by atoms with Crippen molar-refractivity contribution < 1.29 is 10.2 Å². The van der Waals surface area contributed by atoms with Gasteiger partial charge in [0.05, 0.1) is 0 Å². The van der Waals surface area contributed by atoms with Crippen LogP contribution in [0.3, 0.4) is 0 Å². The van der Waals surface area contributed by atoms with Crippen LogP contribution >= 0.6 is 0 Å². The number of phenols is 2. The zero-order chi connectivity index (χ0) is 8.97. The van der Waals surface area contributed by atoms with Crippen molar-refractivity contribution in [2.24, 2.45) is 0 Å². The molecule has 0 bridgehead atoms. The third kappa shape index (κ3) is 2.13. The van der Waals surface area contributed by atoms with E-state index in [0.717, 1.165) is 12.1 Å². The predicted molar refractivity (Wildman–Crippen MR) is 47.1 cm³/mol. The summed E-state index contributed by atoms with van der Waals surface area (Å²) in [6.07, 6.45) is 1.92. The van der Waals surface area contributed by atoms with Crippen LogP contribution in [0.25, 0.3) is 0 Å². The molecule has 1 rings (SSSR count). The normalized spacial score (nSPS) is 10.1.